The van der Waals surface area contributed by atoms with Crippen molar-refractivity contribution in [3.63, 3.8) is 0 Å². The first-order chi connectivity index (χ1) is 27.7. The minimum absolute atomic E-state index is 0.0335. The summed E-state index contributed by atoms with van der Waals surface area (Å²) in [6.07, 6.45) is 9.69. The number of rotatable bonds is 7. The highest BCUT2D eigenvalue weighted by Gasteiger charge is 2.38. The normalized spacial score (nSPS) is 20.9. The minimum Gasteiger partial charge on any atom is -0.508 e. The molecule has 2 aromatic heterocycles. The van der Waals surface area contributed by atoms with E-state index < -0.39 is 18.1 Å². The summed E-state index contributed by atoms with van der Waals surface area (Å²) in [4.78, 5) is 35.0. The number of hydrogen-bond acceptors (Lipinski definition) is 8. The van der Waals surface area contributed by atoms with Gasteiger partial charge in [-0.15, -0.1) is 0 Å². The van der Waals surface area contributed by atoms with Crippen molar-refractivity contribution in [2.45, 2.75) is 94.9 Å². The average molecular weight is 770 g/mol. The van der Waals surface area contributed by atoms with Gasteiger partial charge in [0.1, 0.15) is 29.2 Å². The highest BCUT2D eigenvalue weighted by molar-refractivity contribution is 6.02. The van der Waals surface area contributed by atoms with E-state index in [1.807, 2.05) is 60.9 Å². The maximum absolute atomic E-state index is 14.5. The second-order valence-corrected chi connectivity index (χ2v) is 16.0. The van der Waals surface area contributed by atoms with Crippen molar-refractivity contribution in [2.24, 2.45) is 5.92 Å². The van der Waals surface area contributed by atoms with E-state index in [-0.39, 0.29) is 47.9 Å². The first-order valence-corrected chi connectivity index (χ1v) is 20.3. The highest BCUT2D eigenvalue weighted by atomic mass is 16.5. The lowest BCUT2D eigenvalue weighted by Crippen LogP contribution is -2.33. The molecule has 8 rings (SSSR count). The van der Waals surface area contributed by atoms with Gasteiger partial charge >= 0.3 is 0 Å². The molecule has 2 aliphatic carbocycles. The molecule has 0 spiro atoms. The standard InChI is InChI=1S/C47H51N3O7/c51-34-8-4-5-28(21-34)11-13-35(52)25-39-38-16-18-48-41(38)24-33-27-50-47-32(15-17-49-47)20-29-6-3-7-31(19-29)45(55)40-22-30(12-14-36(53)26-42(54)44(33)39)23-43(46(40)56)57-37-9-1-2-10-37/h3-8,15-19,21-24,35,37,39,44-45,48-52,55-56H,1-2,9-14,20,25-27H2/t35-,39+,44+,45-/m1/s1. The van der Waals surface area contributed by atoms with Gasteiger partial charge in [0, 0.05) is 54.9 Å². The predicted octanol–water partition coefficient (Wildman–Crippen LogP) is 7.82. The number of carbonyl (C=O) groups is 2. The number of ketones is 2. The number of anilines is 1. The molecule has 10 heteroatoms. The Balaban J connectivity index is 1.12. The van der Waals surface area contributed by atoms with Crippen LogP contribution >= 0.6 is 0 Å². The zero-order valence-corrected chi connectivity index (χ0v) is 32.0. The molecule has 57 heavy (non-hydrogen) atoms. The SMILES string of the molecule is O=C1CCc2cc(OC3CCCC3)c(O)c(c2)[C@H](O)c2cccc(c2)Cc2cc[nH]c2NCC2=Cc3[nH]ccc3[C@H](C[C@H](O)CCc3cccc(O)c3)[C@H]2C(=O)C1. The van der Waals surface area contributed by atoms with Crippen LogP contribution in [0, 0.1) is 5.92 Å². The van der Waals surface area contributed by atoms with E-state index in [0.717, 1.165) is 70.6 Å². The predicted molar refractivity (Wildman–Crippen MR) is 219 cm³/mol. The fraction of sp³-hybridized carbons (Fsp3) is 0.362. The van der Waals surface area contributed by atoms with Gasteiger partial charge in [0.05, 0.1) is 18.6 Å². The molecule has 0 amide bonds. The van der Waals surface area contributed by atoms with Crippen LogP contribution in [-0.4, -0.2) is 60.7 Å². The van der Waals surface area contributed by atoms with Crippen LogP contribution in [0.5, 0.6) is 17.2 Å². The number of phenols is 2. The first kappa shape index (κ1) is 38.3. The van der Waals surface area contributed by atoms with Crippen LogP contribution < -0.4 is 10.1 Å². The van der Waals surface area contributed by atoms with Crippen molar-refractivity contribution in [3.8, 4) is 17.2 Å². The summed E-state index contributed by atoms with van der Waals surface area (Å²) in [6, 6.07) is 22.2. The molecule has 0 unspecified atom stereocenters. The number of aryl methyl sites for hydroxylation is 2. The van der Waals surface area contributed by atoms with E-state index in [9.17, 15) is 30.0 Å². The third kappa shape index (κ3) is 8.72. The van der Waals surface area contributed by atoms with Crippen molar-refractivity contribution in [1.82, 2.24) is 9.97 Å². The Morgan fingerprint density at radius 1 is 0.842 bits per heavy atom. The Bertz CT molecular complexity index is 2260. The summed E-state index contributed by atoms with van der Waals surface area (Å²) in [5.74, 6) is -0.268. The fourth-order valence-corrected chi connectivity index (χ4v) is 9.04. The van der Waals surface area contributed by atoms with Crippen LogP contribution in [0.25, 0.3) is 6.08 Å². The number of phenolic OH excluding ortho intramolecular Hbond substituents is 2. The molecule has 5 aromatic rings. The van der Waals surface area contributed by atoms with Gasteiger partial charge < -0.3 is 40.4 Å². The number of H-pyrrole nitrogens is 2. The number of fused-ring (bicyclic) bond motifs is 7. The lowest BCUT2D eigenvalue weighted by molar-refractivity contribution is -0.129. The van der Waals surface area contributed by atoms with E-state index in [1.165, 1.54) is 0 Å². The molecule has 4 bridgehead atoms. The lowest BCUT2D eigenvalue weighted by Gasteiger charge is -2.34. The molecule has 4 atom stereocenters. The first-order valence-electron chi connectivity index (χ1n) is 20.3. The van der Waals surface area contributed by atoms with Crippen molar-refractivity contribution in [1.29, 1.82) is 0 Å². The molecule has 3 aliphatic rings. The van der Waals surface area contributed by atoms with Crippen molar-refractivity contribution < 1.29 is 34.8 Å². The van der Waals surface area contributed by atoms with Crippen molar-refractivity contribution in [3.05, 3.63) is 135 Å². The van der Waals surface area contributed by atoms with Gasteiger partial charge in [-0.25, -0.2) is 0 Å². The smallest absolute Gasteiger partial charge is 0.163 e. The molecule has 10 nitrogen and oxygen atoms in total. The second-order valence-electron chi connectivity index (χ2n) is 16.0. The number of ether oxygens (including phenoxy) is 1. The van der Waals surface area contributed by atoms with Crippen LogP contribution in [0.1, 0.15) is 108 Å². The van der Waals surface area contributed by atoms with E-state index in [0.29, 0.717) is 55.5 Å². The topological polar surface area (TPSA) is 168 Å². The number of aromatic nitrogens is 2. The Morgan fingerprint density at radius 3 is 2.51 bits per heavy atom. The molecule has 1 aliphatic heterocycles. The van der Waals surface area contributed by atoms with Crippen LogP contribution in [-0.2, 0) is 28.9 Å². The number of benzene rings is 3. The molecule has 1 saturated carbocycles. The quantitative estimate of drug-likeness (QED) is 0.0823. The summed E-state index contributed by atoms with van der Waals surface area (Å²) in [7, 11) is 0. The molecular formula is C47H51N3O7. The molecule has 0 radical (unpaired) electrons. The number of nitrogens with one attached hydrogen (secondary N) is 3. The van der Waals surface area contributed by atoms with Crippen molar-refractivity contribution in [2.75, 3.05) is 11.9 Å². The largest absolute Gasteiger partial charge is 0.508 e. The Hall–Kier alpha value is -5.58. The van der Waals surface area contributed by atoms with Gasteiger partial charge in [0.25, 0.3) is 0 Å². The maximum atomic E-state index is 14.5. The molecule has 1 fully saturated rings. The molecular weight excluding hydrogens is 719 g/mol. The molecule has 0 saturated heterocycles. The summed E-state index contributed by atoms with van der Waals surface area (Å²) in [5, 5.41) is 48.2. The second kappa shape index (κ2) is 16.9. The van der Waals surface area contributed by atoms with E-state index in [4.69, 9.17) is 4.74 Å². The number of hydrogen-bond donors (Lipinski definition) is 7. The summed E-state index contributed by atoms with van der Waals surface area (Å²) >= 11 is 0. The number of aliphatic hydroxyl groups excluding tert-OH is 2. The van der Waals surface area contributed by atoms with Crippen LogP contribution in [0.4, 0.5) is 5.82 Å². The number of carbonyl (C=O) groups excluding carboxylic acids is 2. The zero-order valence-electron chi connectivity index (χ0n) is 32.0. The van der Waals surface area contributed by atoms with E-state index >= 15 is 0 Å². The average Bonchev–Trinajstić information content (AvgIpc) is 3.99. The third-order valence-electron chi connectivity index (χ3n) is 12.0. The van der Waals surface area contributed by atoms with E-state index in [1.54, 1.807) is 30.3 Å². The molecule has 7 N–H and O–H groups in total. The monoisotopic (exact) mass is 769 g/mol. The van der Waals surface area contributed by atoms with Crippen LogP contribution in [0.2, 0.25) is 0 Å². The zero-order chi connectivity index (χ0) is 39.5. The summed E-state index contributed by atoms with van der Waals surface area (Å²) in [6.45, 7) is 0.333. The fourth-order valence-electron chi connectivity index (χ4n) is 9.04. The van der Waals surface area contributed by atoms with E-state index in [2.05, 4.69) is 15.3 Å². The molecule has 3 aromatic carbocycles. The van der Waals surface area contributed by atoms with Crippen LogP contribution in [0.15, 0.2) is 90.8 Å². The Morgan fingerprint density at radius 2 is 1.67 bits per heavy atom. The Labute approximate surface area is 332 Å². The van der Waals surface area contributed by atoms with Gasteiger partial charge in [0.15, 0.2) is 11.5 Å². The van der Waals surface area contributed by atoms with Crippen LogP contribution in [0.3, 0.4) is 0 Å². The third-order valence-corrected chi connectivity index (χ3v) is 12.0. The van der Waals surface area contributed by atoms with Gasteiger partial charge in [0.2, 0.25) is 0 Å². The number of aliphatic hydroxyl groups is 2. The minimum atomic E-state index is -1.14. The van der Waals surface area contributed by atoms with Gasteiger partial charge in [-0.1, -0.05) is 36.4 Å². The molecule has 296 valence electrons. The summed E-state index contributed by atoms with van der Waals surface area (Å²) < 4.78 is 6.31. The van der Waals surface area contributed by atoms with Gasteiger partial charge in [-0.2, -0.15) is 0 Å². The van der Waals surface area contributed by atoms with Gasteiger partial charge in [-0.3, -0.25) is 9.59 Å². The number of Topliss-reactive ketones (excluding diaryl/α,β-unsaturated/α-hetero) is 2. The Kier molecular flexibility index (Phi) is 11.3. The highest BCUT2D eigenvalue weighted by Crippen LogP contribution is 2.44. The summed E-state index contributed by atoms with van der Waals surface area (Å²) in [5.41, 5.74) is 7.19. The number of aromatic hydroxyl groups is 2. The van der Waals surface area contributed by atoms with Crippen molar-refractivity contribution >= 4 is 23.5 Å². The lowest BCUT2D eigenvalue weighted by atomic mass is 9.71. The molecule has 3 heterocycles. The number of aromatic amines is 2. The maximum Gasteiger partial charge on any atom is 0.163 e. The van der Waals surface area contributed by atoms with Gasteiger partial charge in [-0.05, 0) is 133 Å².